The van der Waals surface area contributed by atoms with E-state index >= 15 is 0 Å². The van der Waals surface area contributed by atoms with E-state index < -0.39 is 0 Å². The van der Waals surface area contributed by atoms with Crippen molar-refractivity contribution in [2.24, 2.45) is 11.8 Å². The van der Waals surface area contributed by atoms with Gasteiger partial charge in [-0.05, 0) is 37.3 Å². The van der Waals surface area contributed by atoms with E-state index in [4.69, 9.17) is 0 Å². The van der Waals surface area contributed by atoms with Gasteiger partial charge in [0.15, 0.2) is 0 Å². The van der Waals surface area contributed by atoms with E-state index in [1.54, 1.807) is 0 Å². The number of amides is 2. The molecular weight excluding hydrogens is 300 g/mol. The average molecular weight is 330 g/mol. The number of likely N-dealkylation sites (tertiary alicyclic amines) is 1. The molecule has 1 fully saturated rings. The molecule has 0 spiro atoms. The zero-order valence-electron chi connectivity index (χ0n) is 15.4. The molecule has 2 rings (SSSR count). The molecular formula is C20H30N2O2. The molecule has 0 aromatic heterocycles. The Morgan fingerprint density at radius 3 is 2.71 bits per heavy atom. The summed E-state index contributed by atoms with van der Waals surface area (Å²) >= 11 is 0. The summed E-state index contributed by atoms with van der Waals surface area (Å²) in [4.78, 5) is 28.9. The third-order valence-electron chi connectivity index (χ3n) is 5.16. The first-order chi connectivity index (χ1) is 11.4. The maximum absolute atomic E-state index is 12.8. The molecule has 1 aromatic carbocycles. The molecule has 0 radical (unpaired) electrons. The van der Waals surface area contributed by atoms with E-state index in [0.717, 1.165) is 25.8 Å². The summed E-state index contributed by atoms with van der Waals surface area (Å²) in [5, 5.41) is 0. The van der Waals surface area contributed by atoms with Crippen LogP contribution in [-0.4, -0.2) is 41.8 Å². The zero-order chi connectivity index (χ0) is 17.7. The van der Waals surface area contributed by atoms with Gasteiger partial charge in [0.1, 0.15) is 0 Å². The molecule has 1 heterocycles. The lowest BCUT2D eigenvalue weighted by atomic mass is 9.94. The van der Waals surface area contributed by atoms with Crippen LogP contribution in [0.5, 0.6) is 0 Å². The number of benzene rings is 1. The number of piperidine rings is 1. The third kappa shape index (κ3) is 4.37. The fraction of sp³-hybridized carbons (Fsp3) is 0.600. The minimum atomic E-state index is -0.0687. The monoisotopic (exact) mass is 330 g/mol. The molecule has 24 heavy (non-hydrogen) atoms. The van der Waals surface area contributed by atoms with Crippen LogP contribution in [0, 0.1) is 18.8 Å². The van der Waals surface area contributed by atoms with Gasteiger partial charge < -0.3 is 9.80 Å². The number of hydrogen-bond acceptors (Lipinski definition) is 2. The zero-order valence-corrected chi connectivity index (χ0v) is 15.4. The van der Waals surface area contributed by atoms with Gasteiger partial charge in [-0.3, -0.25) is 9.59 Å². The van der Waals surface area contributed by atoms with Gasteiger partial charge in [0.05, 0.1) is 5.92 Å². The summed E-state index contributed by atoms with van der Waals surface area (Å²) in [6.45, 7) is 8.06. The Bertz CT molecular complexity index is 585. The van der Waals surface area contributed by atoms with Crippen LogP contribution in [-0.2, 0) is 16.1 Å². The van der Waals surface area contributed by atoms with E-state index in [2.05, 4.69) is 19.1 Å². The van der Waals surface area contributed by atoms with Crippen LogP contribution in [0.3, 0.4) is 0 Å². The molecule has 1 aliphatic heterocycles. The van der Waals surface area contributed by atoms with Gasteiger partial charge >= 0.3 is 0 Å². The predicted molar refractivity (Wildman–Crippen MR) is 96.4 cm³/mol. The molecule has 4 heteroatoms. The van der Waals surface area contributed by atoms with E-state index in [0.29, 0.717) is 13.1 Å². The lowest BCUT2D eigenvalue weighted by Crippen LogP contribution is -2.47. The highest BCUT2D eigenvalue weighted by atomic mass is 16.2. The van der Waals surface area contributed by atoms with E-state index in [1.807, 2.05) is 42.8 Å². The molecule has 2 atom stereocenters. The Balaban J connectivity index is 1.98. The Hall–Kier alpha value is -1.84. The molecule has 1 saturated heterocycles. The summed E-state index contributed by atoms with van der Waals surface area (Å²) < 4.78 is 0. The molecule has 0 bridgehead atoms. The van der Waals surface area contributed by atoms with Crippen LogP contribution < -0.4 is 0 Å². The first kappa shape index (κ1) is 18.5. The number of hydrogen-bond donors (Lipinski definition) is 0. The van der Waals surface area contributed by atoms with Crippen molar-refractivity contribution in [1.82, 2.24) is 9.80 Å². The first-order valence-corrected chi connectivity index (χ1v) is 9.02. The second-order valence-corrected chi connectivity index (χ2v) is 7.05. The SMILES string of the molecule is CC[C@H](C)C(=O)N1CCC[C@@H](C(=O)N(C)Cc2ccccc2C)C1. The van der Waals surface area contributed by atoms with Crippen LogP contribution in [0.15, 0.2) is 24.3 Å². The summed E-state index contributed by atoms with van der Waals surface area (Å²) in [7, 11) is 1.87. The number of aryl methyl sites for hydroxylation is 1. The summed E-state index contributed by atoms with van der Waals surface area (Å²) in [5.74, 6) is 0.320. The number of nitrogens with zero attached hydrogens (tertiary/aromatic N) is 2. The van der Waals surface area contributed by atoms with Gasteiger partial charge in [-0.25, -0.2) is 0 Å². The minimum Gasteiger partial charge on any atom is -0.342 e. The molecule has 4 nitrogen and oxygen atoms in total. The molecule has 2 amide bonds. The fourth-order valence-electron chi connectivity index (χ4n) is 3.30. The highest BCUT2D eigenvalue weighted by Crippen LogP contribution is 2.22. The van der Waals surface area contributed by atoms with Gasteiger partial charge in [0.25, 0.3) is 0 Å². The molecule has 0 saturated carbocycles. The van der Waals surface area contributed by atoms with Crippen LogP contribution in [0.4, 0.5) is 0 Å². The van der Waals surface area contributed by atoms with Crippen molar-refractivity contribution in [3.05, 3.63) is 35.4 Å². The van der Waals surface area contributed by atoms with Crippen molar-refractivity contribution in [3.63, 3.8) is 0 Å². The van der Waals surface area contributed by atoms with Gasteiger partial charge in [-0.1, -0.05) is 38.1 Å². The van der Waals surface area contributed by atoms with Crippen molar-refractivity contribution in [2.45, 2.75) is 46.6 Å². The van der Waals surface area contributed by atoms with Crippen LogP contribution in [0.2, 0.25) is 0 Å². The van der Waals surface area contributed by atoms with E-state index in [-0.39, 0.29) is 23.7 Å². The number of carbonyl (C=O) groups excluding carboxylic acids is 2. The smallest absolute Gasteiger partial charge is 0.227 e. The Kier molecular flexibility index (Phi) is 6.41. The topological polar surface area (TPSA) is 40.6 Å². The minimum absolute atomic E-state index is 0.0450. The standard InChI is InChI=1S/C20H30N2O2/c1-5-15(2)19(23)22-12-8-11-18(14-22)20(24)21(4)13-17-10-7-6-9-16(17)3/h6-7,9-10,15,18H,5,8,11-14H2,1-4H3/t15-,18+/m0/s1. The highest BCUT2D eigenvalue weighted by molar-refractivity contribution is 5.82. The lowest BCUT2D eigenvalue weighted by Gasteiger charge is -2.35. The van der Waals surface area contributed by atoms with Gasteiger partial charge in [0, 0.05) is 32.6 Å². The number of rotatable bonds is 5. The Labute approximate surface area is 145 Å². The molecule has 1 aliphatic rings. The maximum atomic E-state index is 12.8. The molecule has 0 N–H and O–H groups in total. The second-order valence-electron chi connectivity index (χ2n) is 7.05. The summed E-state index contributed by atoms with van der Waals surface area (Å²) in [5.41, 5.74) is 2.38. The van der Waals surface area contributed by atoms with Crippen molar-refractivity contribution in [3.8, 4) is 0 Å². The van der Waals surface area contributed by atoms with Crippen LogP contribution in [0.25, 0.3) is 0 Å². The molecule has 132 valence electrons. The number of carbonyl (C=O) groups is 2. The quantitative estimate of drug-likeness (QED) is 0.831. The largest absolute Gasteiger partial charge is 0.342 e. The van der Waals surface area contributed by atoms with Crippen LogP contribution in [0.1, 0.15) is 44.2 Å². The molecule has 0 unspecified atom stereocenters. The second kappa shape index (κ2) is 8.32. The predicted octanol–water partition coefficient (Wildman–Crippen LogP) is 3.24. The molecule has 0 aliphatic carbocycles. The maximum Gasteiger partial charge on any atom is 0.227 e. The van der Waals surface area contributed by atoms with Crippen molar-refractivity contribution in [2.75, 3.05) is 20.1 Å². The summed E-state index contributed by atoms with van der Waals surface area (Å²) in [6, 6.07) is 8.16. The van der Waals surface area contributed by atoms with Crippen LogP contribution >= 0.6 is 0 Å². The molecule has 1 aromatic rings. The normalized spacial score (nSPS) is 19.0. The van der Waals surface area contributed by atoms with Crippen molar-refractivity contribution < 1.29 is 9.59 Å². The fourth-order valence-corrected chi connectivity index (χ4v) is 3.30. The van der Waals surface area contributed by atoms with Gasteiger partial charge in [0.2, 0.25) is 11.8 Å². The van der Waals surface area contributed by atoms with Crippen molar-refractivity contribution >= 4 is 11.8 Å². The van der Waals surface area contributed by atoms with E-state index in [9.17, 15) is 9.59 Å². The first-order valence-electron chi connectivity index (χ1n) is 9.02. The summed E-state index contributed by atoms with van der Waals surface area (Å²) in [6.07, 6.45) is 2.64. The van der Waals surface area contributed by atoms with Crippen molar-refractivity contribution in [1.29, 1.82) is 0 Å². The third-order valence-corrected chi connectivity index (χ3v) is 5.16. The van der Waals surface area contributed by atoms with Gasteiger partial charge in [-0.15, -0.1) is 0 Å². The lowest BCUT2D eigenvalue weighted by molar-refractivity contribution is -0.142. The Morgan fingerprint density at radius 1 is 1.33 bits per heavy atom. The Morgan fingerprint density at radius 2 is 2.04 bits per heavy atom. The highest BCUT2D eigenvalue weighted by Gasteiger charge is 2.31. The van der Waals surface area contributed by atoms with E-state index in [1.165, 1.54) is 11.1 Å². The average Bonchev–Trinajstić information content (AvgIpc) is 2.61. The van der Waals surface area contributed by atoms with Gasteiger partial charge in [-0.2, -0.15) is 0 Å².